The van der Waals surface area contributed by atoms with Crippen LogP contribution in [-0.2, 0) is 17.9 Å². The van der Waals surface area contributed by atoms with Gasteiger partial charge < -0.3 is 15.2 Å². The Balaban J connectivity index is 1.88. The number of nitrogen functional groups attached to an aromatic ring is 1. The molecule has 0 saturated carbocycles. The Hall–Kier alpha value is -3.40. The molecule has 0 radical (unpaired) electrons. The van der Waals surface area contributed by atoms with Gasteiger partial charge in [0.15, 0.2) is 5.69 Å². The lowest BCUT2D eigenvalue weighted by Crippen LogP contribution is -2.39. The summed E-state index contributed by atoms with van der Waals surface area (Å²) in [6, 6.07) is 9.15. The van der Waals surface area contributed by atoms with E-state index in [0.29, 0.717) is 0 Å². The number of aryl methyl sites for hydroxylation is 1. The topological polar surface area (TPSA) is 123 Å². The second kappa shape index (κ2) is 8.31. The molecule has 2 aromatic heterocycles. The summed E-state index contributed by atoms with van der Waals surface area (Å²) in [6.07, 6.45) is 0.00463. The number of hydrogen-bond acceptors (Lipinski definition) is 6. The molecule has 3 aromatic rings. The predicted octanol–water partition coefficient (Wildman–Crippen LogP) is 0.752. The van der Waals surface area contributed by atoms with E-state index >= 15 is 0 Å². The van der Waals surface area contributed by atoms with Crippen LogP contribution in [0.3, 0.4) is 0 Å². The first-order chi connectivity index (χ1) is 13.8. The molecule has 0 aliphatic carbocycles. The zero-order chi connectivity index (χ0) is 21.1. The summed E-state index contributed by atoms with van der Waals surface area (Å²) >= 11 is 1.07. The summed E-state index contributed by atoms with van der Waals surface area (Å²) in [6.45, 7) is 2.13. The van der Waals surface area contributed by atoms with Crippen LogP contribution < -0.4 is 26.8 Å². The smallest absolute Gasteiger partial charge is 0.330 e. The van der Waals surface area contributed by atoms with Gasteiger partial charge in [-0.3, -0.25) is 23.9 Å². The number of thiazole rings is 1. The maximum Gasteiger partial charge on any atom is 0.330 e. The highest BCUT2D eigenvalue weighted by molar-refractivity contribution is 7.07. The Morgan fingerprint density at radius 1 is 1.17 bits per heavy atom. The van der Waals surface area contributed by atoms with E-state index in [2.05, 4.69) is 4.98 Å². The third-order valence-electron chi connectivity index (χ3n) is 4.63. The van der Waals surface area contributed by atoms with E-state index in [4.69, 9.17) is 5.73 Å². The number of aromatic nitrogens is 3. The Morgan fingerprint density at radius 3 is 2.48 bits per heavy atom. The lowest BCUT2D eigenvalue weighted by molar-refractivity contribution is -0.118. The van der Waals surface area contributed by atoms with E-state index in [1.165, 1.54) is 16.2 Å². The van der Waals surface area contributed by atoms with Crippen molar-refractivity contribution in [1.82, 2.24) is 14.1 Å². The Kier molecular flexibility index (Phi) is 5.83. The van der Waals surface area contributed by atoms with Crippen molar-refractivity contribution in [3.05, 3.63) is 77.5 Å². The average molecular weight is 415 g/mol. The molecule has 9 nitrogen and oxygen atoms in total. The standard InChI is InChI=1S/C19H21N5O4S/c1-12-11-29-19(28)23(12)9-8-14(25)22(2)15-16(20)24(18(27)21-17(15)26)10-13-6-4-3-5-7-13/h3-7,11H,8-10,20H2,1-2H3,(H,21,26,27). The number of rotatable bonds is 6. The second-order valence-electron chi connectivity index (χ2n) is 6.56. The van der Waals surface area contributed by atoms with Crippen LogP contribution in [0.15, 0.2) is 50.1 Å². The molecule has 0 aliphatic rings. The average Bonchev–Trinajstić information content (AvgIpc) is 3.01. The maximum atomic E-state index is 12.6. The lowest BCUT2D eigenvalue weighted by Gasteiger charge is -2.20. The number of aromatic amines is 1. The second-order valence-corrected chi connectivity index (χ2v) is 7.38. The van der Waals surface area contributed by atoms with E-state index in [0.717, 1.165) is 27.5 Å². The molecule has 2 heterocycles. The van der Waals surface area contributed by atoms with E-state index in [1.807, 2.05) is 30.3 Å². The molecule has 0 fully saturated rings. The van der Waals surface area contributed by atoms with Gasteiger partial charge in [-0.25, -0.2) is 4.79 Å². The van der Waals surface area contributed by atoms with Crippen LogP contribution in [0.2, 0.25) is 0 Å². The molecule has 0 bridgehead atoms. The number of amides is 1. The van der Waals surface area contributed by atoms with Gasteiger partial charge in [-0.15, -0.1) is 0 Å². The van der Waals surface area contributed by atoms with Crippen molar-refractivity contribution in [1.29, 1.82) is 0 Å². The predicted molar refractivity (Wildman–Crippen MR) is 113 cm³/mol. The quantitative estimate of drug-likeness (QED) is 0.615. The van der Waals surface area contributed by atoms with Gasteiger partial charge in [0.25, 0.3) is 5.56 Å². The number of hydrogen-bond donors (Lipinski definition) is 2. The van der Waals surface area contributed by atoms with Gasteiger partial charge in [-0.1, -0.05) is 41.7 Å². The van der Waals surface area contributed by atoms with Crippen molar-refractivity contribution < 1.29 is 4.79 Å². The highest BCUT2D eigenvalue weighted by Crippen LogP contribution is 2.17. The molecule has 0 atom stereocenters. The molecule has 10 heteroatoms. The monoisotopic (exact) mass is 415 g/mol. The number of nitrogens with zero attached hydrogens (tertiary/aromatic N) is 3. The fourth-order valence-corrected chi connectivity index (χ4v) is 3.76. The van der Waals surface area contributed by atoms with Crippen molar-refractivity contribution in [2.75, 3.05) is 17.7 Å². The zero-order valence-corrected chi connectivity index (χ0v) is 16.9. The molecular weight excluding hydrogens is 394 g/mol. The summed E-state index contributed by atoms with van der Waals surface area (Å²) in [5.74, 6) is -0.494. The molecule has 0 unspecified atom stereocenters. The number of carbonyl (C=O) groups is 1. The molecule has 3 N–H and O–H groups in total. The van der Waals surface area contributed by atoms with Crippen LogP contribution in [0, 0.1) is 6.92 Å². The first kappa shape index (κ1) is 20.3. The van der Waals surface area contributed by atoms with Gasteiger partial charge in [0.2, 0.25) is 5.91 Å². The van der Waals surface area contributed by atoms with Crippen molar-refractivity contribution in [2.24, 2.45) is 0 Å². The summed E-state index contributed by atoms with van der Waals surface area (Å²) in [7, 11) is 1.42. The Labute approximate surface area is 169 Å². The third kappa shape index (κ3) is 4.21. The first-order valence-corrected chi connectivity index (χ1v) is 9.75. The minimum atomic E-state index is -0.739. The van der Waals surface area contributed by atoms with Crippen LogP contribution in [0.4, 0.5) is 11.5 Å². The third-order valence-corrected chi connectivity index (χ3v) is 5.51. The summed E-state index contributed by atoms with van der Waals surface area (Å²) < 4.78 is 2.71. The van der Waals surface area contributed by atoms with E-state index in [1.54, 1.807) is 12.3 Å². The molecular formula is C19H21N5O4S. The summed E-state index contributed by atoms with van der Waals surface area (Å²) in [4.78, 5) is 52.2. The highest BCUT2D eigenvalue weighted by Gasteiger charge is 2.21. The number of H-pyrrole nitrogens is 1. The van der Waals surface area contributed by atoms with Gasteiger partial charge in [0, 0.05) is 31.1 Å². The minimum Gasteiger partial charge on any atom is -0.383 e. The van der Waals surface area contributed by atoms with E-state index < -0.39 is 17.2 Å². The lowest BCUT2D eigenvalue weighted by atomic mass is 10.2. The van der Waals surface area contributed by atoms with Gasteiger partial charge in [0.05, 0.1) is 6.54 Å². The SMILES string of the molecule is Cc1csc(=O)n1CCC(=O)N(C)c1c(N)n(Cc2ccccc2)c(=O)[nH]c1=O. The number of nitrogens with one attached hydrogen (secondary N) is 1. The van der Waals surface area contributed by atoms with Crippen LogP contribution >= 0.6 is 11.3 Å². The minimum absolute atomic E-state index is 0.00463. The van der Waals surface area contributed by atoms with Crippen LogP contribution in [0.1, 0.15) is 17.7 Å². The van der Waals surface area contributed by atoms with Crippen LogP contribution in [0.25, 0.3) is 0 Å². The van der Waals surface area contributed by atoms with Crippen molar-refractivity contribution in [2.45, 2.75) is 26.4 Å². The van der Waals surface area contributed by atoms with Gasteiger partial charge in [-0.2, -0.15) is 0 Å². The number of benzene rings is 1. The fraction of sp³-hybridized carbons (Fsp3) is 0.263. The van der Waals surface area contributed by atoms with Crippen LogP contribution in [0.5, 0.6) is 0 Å². The number of nitrogens with two attached hydrogens (primary N) is 1. The van der Waals surface area contributed by atoms with Gasteiger partial charge in [-0.05, 0) is 12.5 Å². The highest BCUT2D eigenvalue weighted by atomic mass is 32.1. The summed E-state index contributed by atoms with van der Waals surface area (Å²) in [5, 5.41) is 1.72. The Bertz CT molecular complexity index is 1210. The summed E-state index contributed by atoms with van der Waals surface area (Å²) in [5.41, 5.74) is 6.21. The largest absolute Gasteiger partial charge is 0.383 e. The number of carbonyl (C=O) groups excluding carboxylic acids is 1. The molecule has 3 rings (SSSR count). The van der Waals surface area contributed by atoms with Crippen molar-refractivity contribution in [3.63, 3.8) is 0 Å². The number of anilines is 2. The fourth-order valence-electron chi connectivity index (χ4n) is 3.00. The zero-order valence-electron chi connectivity index (χ0n) is 16.0. The maximum absolute atomic E-state index is 12.6. The van der Waals surface area contributed by atoms with Crippen LogP contribution in [-0.4, -0.2) is 27.1 Å². The van der Waals surface area contributed by atoms with E-state index in [-0.39, 0.29) is 35.9 Å². The molecule has 1 amide bonds. The van der Waals surface area contributed by atoms with Gasteiger partial charge >= 0.3 is 10.6 Å². The van der Waals surface area contributed by atoms with Crippen molar-refractivity contribution >= 4 is 28.7 Å². The first-order valence-electron chi connectivity index (χ1n) is 8.87. The van der Waals surface area contributed by atoms with Gasteiger partial charge in [0.1, 0.15) is 5.82 Å². The molecule has 0 spiro atoms. The molecule has 0 aliphatic heterocycles. The molecule has 29 heavy (non-hydrogen) atoms. The molecule has 1 aromatic carbocycles. The van der Waals surface area contributed by atoms with Crippen molar-refractivity contribution in [3.8, 4) is 0 Å². The normalized spacial score (nSPS) is 10.8. The Morgan fingerprint density at radius 2 is 1.86 bits per heavy atom. The van der Waals surface area contributed by atoms with E-state index in [9.17, 15) is 19.2 Å². The molecule has 0 saturated heterocycles. The molecule has 152 valence electrons.